The van der Waals surface area contributed by atoms with Gasteiger partial charge in [-0.25, -0.2) is 0 Å². The molecule has 1 aromatic rings. The Balaban J connectivity index is 1.98. The zero-order chi connectivity index (χ0) is 13.0. The lowest BCUT2D eigenvalue weighted by molar-refractivity contribution is 0.589. The van der Waals surface area contributed by atoms with Gasteiger partial charge in [0.05, 0.1) is 17.6 Å². The fourth-order valence-corrected chi connectivity index (χ4v) is 3.02. The molecule has 0 amide bonds. The predicted molar refractivity (Wildman–Crippen MR) is 80.5 cm³/mol. The maximum absolute atomic E-state index is 4.55. The van der Waals surface area contributed by atoms with Crippen LogP contribution in [0, 0.1) is 0 Å². The lowest BCUT2D eigenvalue weighted by Crippen LogP contribution is -2.34. The molecule has 3 nitrogen and oxygen atoms in total. The minimum absolute atomic E-state index is 0.321. The van der Waals surface area contributed by atoms with Crippen LogP contribution in [0.15, 0.2) is 18.3 Å². The van der Waals surface area contributed by atoms with E-state index in [9.17, 15) is 0 Å². The molecule has 1 aliphatic heterocycles. The number of pyridine rings is 1. The normalized spacial score (nSPS) is 18.9. The van der Waals surface area contributed by atoms with E-state index in [1.165, 1.54) is 18.5 Å². The third kappa shape index (κ3) is 3.18. The SMILES string of the molecule is CNC(C)c1ccc(N2CCC(SC)CC2)cn1. The molecular weight excluding hydrogens is 242 g/mol. The summed E-state index contributed by atoms with van der Waals surface area (Å²) in [5.41, 5.74) is 2.38. The molecule has 1 unspecified atom stereocenters. The highest BCUT2D eigenvalue weighted by Crippen LogP contribution is 2.25. The second-order valence-electron chi connectivity index (χ2n) is 4.87. The number of aromatic nitrogens is 1. The fraction of sp³-hybridized carbons (Fsp3) is 0.643. The van der Waals surface area contributed by atoms with E-state index in [-0.39, 0.29) is 0 Å². The van der Waals surface area contributed by atoms with Crippen molar-refractivity contribution in [1.29, 1.82) is 0 Å². The van der Waals surface area contributed by atoms with E-state index in [1.807, 2.05) is 25.0 Å². The van der Waals surface area contributed by atoms with E-state index in [4.69, 9.17) is 0 Å². The van der Waals surface area contributed by atoms with Crippen LogP contribution in [0.5, 0.6) is 0 Å². The Morgan fingerprint density at radius 1 is 1.39 bits per heavy atom. The van der Waals surface area contributed by atoms with E-state index in [2.05, 4.69) is 40.5 Å². The quantitative estimate of drug-likeness (QED) is 0.906. The third-order valence-electron chi connectivity index (χ3n) is 3.79. The highest BCUT2D eigenvalue weighted by atomic mass is 32.2. The summed E-state index contributed by atoms with van der Waals surface area (Å²) in [6.07, 6.45) is 6.81. The first-order valence-electron chi connectivity index (χ1n) is 6.65. The van der Waals surface area contributed by atoms with Gasteiger partial charge in [0.15, 0.2) is 0 Å². The molecule has 0 bridgehead atoms. The molecule has 0 aromatic carbocycles. The summed E-state index contributed by atoms with van der Waals surface area (Å²) < 4.78 is 0. The fourth-order valence-electron chi connectivity index (χ4n) is 2.34. The zero-order valence-electron chi connectivity index (χ0n) is 11.5. The Hall–Kier alpha value is -0.740. The molecule has 1 N–H and O–H groups in total. The first-order chi connectivity index (χ1) is 8.74. The average molecular weight is 265 g/mol. The van der Waals surface area contributed by atoms with Gasteiger partial charge < -0.3 is 10.2 Å². The molecule has 2 heterocycles. The molecule has 0 spiro atoms. The molecule has 0 radical (unpaired) electrons. The van der Waals surface area contributed by atoms with Gasteiger partial charge in [0.25, 0.3) is 0 Å². The Bertz CT molecular complexity index is 358. The van der Waals surface area contributed by atoms with Crippen LogP contribution in [0.3, 0.4) is 0 Å². The van der Waals surface area contributed by atoms with Crippen LogP contribution in [0.2, 0.25) is 0 Å². The first-order valence-corrected chi connectivity index (χ1v) is 7.94. The standard InChI is InChI=1S/C14H23N3S/c1-11(15-2)14-5-4-12(10-16-14)17-8-6-13(18-3)7-9-17/h4-5,10-11,13,15H,6-9H2,1-3H3. The number of piperidine rings is 1. The van der Waals surface area contributed by atoms with Crippen LogP contribution < -0.4 is 10.2 Å². The Morgan fingerprint density at radius 3 is 2.61 bits per heavy atom. The van der Waals surface area contributed by atoms with Crippen LogP contribution in [-0.4, -0.2) is 36.6 Å². The largest absolute Gasteiger partial charge is 0.370 e. The van der Waals surface area contributed by atoms with Crippen LogP contribution in [0.1, 0.15) is 31.5 Å². The van der Waals surface area contributed by atoms with Crippen molar-refractivity contribution in [2.75, 3.05) is 31.3 Å². The molecule has 0 aliphatic carbocycles. The minimum Gasteiger partial charge on any atom is -0.370 e. The monoisotopic (exact) mass is 265 g/mol. The lowest BCUT2D eigenvalue weighted by Gasteiger charge is -2.32. The van der Waals surface area contributed by atoms with Crippen LogP contribution in [-0.2, 0) is 0 Å². The van der Waals surface area contributed by atoms with Crippen molar-refractivity contribution in [1.82, 2.24) is 10.3 Å². The van der Waals surface area contributed by atoms with Gasteiger partial charge in [0, 0.05) is 24.4 Å². The smallest absolute Gasteiger partial charge is 0.0571 e. The number of anilines is 1. The van der Waals surface area contributed by atoms with Crippen molar-refractivity contribution < 1.29 is 0 Å². The van der Waals surface area contributed by atoms with E-state index in [0.717, 1.165) is 24.0 Å². The van der Waals surface area contributed by atoms with E-state index in [1.54, 1.807) is 0 Å². The zero-order valence-corrected chi connectivity index (χ0v) is 12.3. The highest BCUT2D eigenvalue weighted by molar-refractivity contribution is 7.99. The topological polar surface area (TPSA) is 28.2 Å². The predicted octanol–water partition coefficient (Wildman–Crippen LogP) is 2.69. The molecule has 1 atom stereocenters. The van der Waals surface area contributed by atoms with Crippen molar-refractivity contribution in [3.8, 4) is 0 Å². The summed E-state index contributed by atoms with van der Waals surface area (Å²) in [6, 6.07) is 4.66. The van der Waals surface area contributed by atoms with Crippen molar-refractivity contribution >= 4 is 17.4 Å². The molecular formula is C14H23N3S. The number of thioether (sulfide) groups is 1. The molecule has 2 rings (SSSR count). The van der Waals surface area contributed by atoms with Crippen molar-refractivity contribution in [3.63, 3.8) is 0 Å². The molecule has 1 fully saturated rings. The van der Waals surface area contributed by atoms with Gasteiger partial charge in [-0.1, -0.05) is 0 Å². The number of nitrogens with one attached hydrogen (secondary N) is 1. The second kappa shape index (κ2) is 6.43. The summed E-state index contributed by atoms with van der Waals surface area (Å²) in [4.78, 5) is 7.01. The minimum atomic E-state index is 0.321. The summed E-state index contributed by atoms with van der Waals surface area (Å²) >= 11 is 2.00. The van der Waals surface area contributed by atoms with Crippen molar-refractivity contribution in [2.24, 2.45) is 0 Å². The molecule has 100 valence electrons. The van der Waals surface area contributed by atoms with Gasteiger partial charge in [-0.3, -0.25) is 4.98 Å². The van der Waals surface area contributed by atoms with Crippen molar-refractivity contribution in [2.45, 2.75) is 31.1 Å². The maximum Gasteiger partial charge on any atom is 0.0571 e. The molecule has 1 aromatic heterocycles. The number of hydrogen-bond donors (Lipinski definition) is 1. The number of rotatable bonds is 4. The average Bonchev–Trinajstić information content (AvgIpc) is 2.47. The Labute approximate surface area is 114 Å². The lowest BCUT2D eigenvalue weighted by atomic mass is 10.1. The third-order valence-corrected chi connectivity index (χ3v) is 4.93. The van der Waals surface area contributed by atoms with E-state index in [0.29, 0.717) is 6.04 Å². The van der Waals surface area contributed by atoms with Crippen LogP contribution >= 0.6 is 11.8 Å². The summed E-state index contributed by atoms with van der Waals surface area (Å²) in [5, 5.41) is 4.06. The van der Waals surface area contributed by atoms with Gasteiger partial charge in [0.2, 0.25) is 0 Å². The molecule has 18 heavy (non-hydrogen) atoms. The van der Waals surface area contributed by atoms with E-state index >= 15 is 0 Å². The molecule has 4 heteroatoms. The number of nitrogens with zero attached hydrogens (tertiary/aromatic N) is 2. The summed E-state index contributed by atoms with van der Waals surface area (Å²) in [5.74, 6) is 0. The van der Waals surface area contributed by atoms with E-state index < -0.39 is 0 Å². The second-order valence-corrected chi connectivity index (χ2v) is 6.01. The van der Waals surface area contributed by atoms with Gasteiger partial charge in [-0.05, 0) is 45.2 Å². The highest BCUT2D eigenvalue weighted by Gasteiger charge is 2.18. The summed E-state index contributed by atoms with van der Waals surface area (Å²) in [7, 11) is 1.97. The number of hydrogen-bond acceptors (Lipinski definition) is 4. The van der Waals surface area contributed by atoms with Crippen LogP contribution in [0.4, 0.5) is 5.69 Å². The molecule has 1 saturated heterocycles. The maximum atomic E-state index is 4.55. The first kappa shape index (κ1) is 13.7. The molecule has 0 saturated carbocycles. The van der Waals surface area contributed by atoms with Gasteiger partial charge in [-0.15, -0.1) is 0 Å². The van der Waals surface area contributed by atoms with Gasteiger partial charge in [0.1, 0.15) is 0 Å². The Kier molecular flexibility index (Phi) is 4.89. The van der Waals surface area contributed by atoms with Gasteiger partial charge >= 0.3 is 0 Å². The Morgan fingerprint density at radius 2 is 2.11 bits per heavy atom. The van der Waals surface area contributed by atoms with Gasteiger partial charge in [-0.2, -0.15) is 11.8 Å². The summed E-state index contributed by atoms with van der Waals surface area (Å²) in [6.45, 7) is 4.45. The van der Waals surface area contributed by atoms with Crippen molar-refractivity contribution in [3.05, 3.63) is 24.0 Å². The van der Waals surface area contributed by atoms with Crippen LogP contribution in [0.25, 0.3) is 0 Å². The molecule has 1 aliphatic rings.